The number of nitrogens with zero attached hydrogens (tertiary/aromatic N) is 1. The van der Waals surface area contributed by atoms with Gasteiger partial charge in [0.1, 0.15) is 0 Å². The van der Waals surface area contributed by atoms with Crippen LogP contribution in [0.4, 0.5) is 36.8 Å². The topological polar surface area (TPSA) is 41.6 Å². The molecule has 4 nitrogen and oxygen atoms in total. The number of ether oxygens (including phenoxy) is 1. The first-order valence-corrected chi connectivity index (χ1v) is 10.5. The van der Waals surface area contributed by atoms with Crippen molar-refractivity contribution >= 4 is 23.4 Å². The van der Waals surface area contributed by atoms with Gasteiger partial charge in [0.05, 0.1) is 5.56 Å². The van der Waals surface area contributed by atoms with Crippen molar-refractivity contribution in [1.29, 1.82) is 0 Å². The highest BCUT2D eigenvalue weighted by molar-refractivity contribution is 6.30. The van der Waals surface area contributed by atoms with Crippen molar-refractivity contribution < 1.29 is 35.9 Å². The van der Waals surface area contributed by atoms with Crippen LogP contribution in [0.5, 0.6) is 0 Å². The van der Waals surface area contributed by atoms with Gasteiger partial charge in [-0.15, -0.1) is 0 Å². The maximum atomic E-state index is 13.6. The lowest BCUT2D eigenvalue weighted by molar-refractivity contribution is -0.207. The molecule has 1 unspecified atom stereocenters. The minimum atomic E-state index is -4.82. The van der Waals surface area contributed by atoms with E-state index in [9.17, 15) is 31.1 Å². The molecule has 0 spiro atoms. The van der Waals surface area contributed by atoms with Crippen LogP contribution in [0, 0.1) is 0 Å². The number of piperidine rings is 1. The van der Waals surface area contributed by atoms with Crippen molar-refractivity contribution in [2.24, 2.45) is 0 Å². The summed E-state index contributed by atoms with van der Waals surface area (Å²) in [5, 5.41) is 2.61. The number of hydrogen-bond donors (Lipinski definition) is 1. The molecule has 0 bridgehead atoms. The Labute approximate surface area is 191 Å². The van der Waals surface area contributed by atoms with Crippen LogP contribution in [0.3, 0.4) is 0 Å². The summed E-state index contributed by atoms with van der Waals surface area (Å²) in [6, 6.07) is 10.6. The Morgan fingerprint density at radius 1 is 1.12 bits per heavy atom. The van der Waals surface area contributed by atoms with Gasteiger partial charge in [-0.05, 0) is 61.2 Å². The molecule has 0 saturated carbocycles. The number of carbonyl (C=O) groups excluding carboxylic acids is 1. The molecule has 1 saturated heterocycles. The summed E-state index contributed by atoms with van der Waals surface area (Å²) in [6.45, 7) is -0.187. The molecule has 180 valence electrons. The lowest BCUT2D eigenvalue weighted by atomic mass is 9.89. The zero-order valence-electron chi connectivity index (χ0n) is 17.2. The standard InChI is InChI=1S/C22H21ClF6N2O2/c23-17-6-8-18(9-7-17)30-20(32)33-19(22(27,28)29)13-31-10-2-4-15(12-31)14-3-1-5-16(11-14)21(24,25)26/h1,3,5-9,11,15,19H,2,4,10,12-13H2,(H,30,32)/t15-,19?/m1/s1. The van der Waals surface area contributed by atoms with Gasteiger partial charge in [-0.2, -0.15) is 26.3 Å². The molecule has 11 heteroatoms. The van der Waals surface area contributed by atoms with Gasteiger partial charge in [-0.1, -0.05) is 29.8 Å². The molecule has 1 N–H and O–H groups in total. The van der Waals surface area contributed by atoms with Crippen LogP contribution in [0.2, 0.25) is 5.02 Å². The van der Waals surface area contributed by atoms with Crippen molar-refractivity contribution in [3.05, 3.63) is 64.7 Å². The third kappa shape index (κ3) is 7.26. The molecule has 1 heterocycles. The van der Waals surface area contributed by atoms with E-state index in [-0.39, 0.29) is 18.2 Å². The fourth-order valence-corrected chi connectivity index (χ4v) is 3.84. The maximum absolute atomic E-state index is 13.6. The summed E-state index contributed by atoms with van der Waals surface area (Å²) in [5.41, 5.74) is -0.167. The van der Waals surface area contributed by atoms with E-state index in [2.05, 4.69) is 10.1 Å². The molecule has 1 aliphatic rings. The molecular formula is C22H21ClF6N2O2. The molecule has 2 aromatic carbocycles. The Bertz CT molecular complexity index is 949. The number of nitrogens with one attached hydrogen (secondary N) is 1. The van der Waals surface area contributed by atoms with Crippen LogP contribution < -0.4 is 5.32 Å². The third-order valence-corrected chi connectivity index (χ3v) is 5.57. The Balaban J connectivity index is 1.65. The second-order valence-electron chi connectivity index (χ2n) is 7.79. The molecule has 2 aromatic rings. The minimum Gasteiger partial charge on any atom is -0.435 e. The Hall–Kier alpha value is -2.46. The highest BCUT2D eigenvalue weighted by Crippen LogP contribution is 2.34. The second kappa shape index (κ2) is 10.2. The normalized spacial score (nSPS) is 18.6. The maximum Gasteiger partial charge on any atom is 0.426 e. The summed E-state index contributed by atoms with van der Waals surface area (Å²) in [6.07, 6.45) is -11.9. The van der Waals surface area contributed by atoms with Crippen LogP contribution in [-0.2, 0) is 10.9 Å². The predicted octanol–water partition coefficient (Wildman–Crippen LogP) is 6.72. The van der Waals surface area contributed by atoms with Crippen molar-refractivity contribution in [3.63, 3.8) is 0 Å². The summed E-state index contributed by atoms with van der Waals surface area (Å²) in [7, 11) is 0. The van der Waals surface area contributed by atoms with Crippen molar-refractivity contribution in [2.75, 3.05) is 25.0 Å². The van der Waals surface area contributed by atoms with Crippen LogP contribution in [0.15, 0.2) is 48.5 Å². The van der Waals surface area contributed by atoms with E-state index in [0.29, 0.717) is 30.0 Å². The smallest absolute Gasteiger partial charge is 0.426 e. The fourth-order valence-electron chi connectivity index (χ4n) is 3.71. The molecule has 2 atom stereocenters. The molecule has 0 radical (unpaired) electrons. The number of hydrogen-bond acceptors (Lipinski definition) is 3. The third-order valence-electron chi connectivity index (χ3n) is 5.32. The SMILES string of the molecule is O=C(Nc1ccc(Cl)cc1)OC(CN1CCC[C@@H](c2cccc(C(F)(F)F)c2)C1)C(F)(F)F. The van der Waals surface area contributed by atoms with Gasteiger partial charge < -0.3 is 4.74 Å². The molecule has 0 aliphatic carbocycles. The monoisotopic (exact) mass is 494 g/mol. The van der Waals surface area contributed by atoms with Gasteiger partial charge >= 0.3 is 18.4 Å². The number of benzene rings is 2. The molecular weight excluding hydrogens is 474 g/mol. The van der Waals surface area contributed by atoms with Gasteiger partial charge in [0.25, 0.3) is 0 Å². The van der Waals surface area contributed by atoms with E-state index < -0.39 is 36.7 Å². The number of halogens is 7. The number of rotatable bonds is 5. The van der Waals surface area contributed by atoms with E-state index in [1.54, 1.807) is 6.07 Å². The van der Waals surface area contributed by atoms with Crippen LogP contribution in [0.25, 0.3) is 0 Å². The van der Waals surface area contributed by atoms with Crippen molar-refractivity contribution in [2.45, 2.75) is 37.2 Å². The Morgan fingerprint density at radius 3 is 2.45 bits per heavy atom. The molecule has 1 aliphatic heterocycles. The van der Waals surface area contributed by atoms with E-state index >= 15 is 0 Å². The van der Waals surface area contributed by atoms with Crippen molar-refractivity contribution in [3.8, 4) is 0 Å². The number of alkyl halides is 6. The predicted molar refractivity (Wildman–Crippen MR) is 111 cm³/mol. The zero-order valence-corrected chi connectivity index (χ0v) is 18.0. The molecule has 1 amide bonds. The summed E-state index contributed by atoms with van der Waals surface area (Å²) in [4.78, 5) is 13.5. The molecule has 1 fully saturated rings. The quantitative estimate of drug-likeness (QED) is 0.469. The second-order valence-corrected chi connectivity index (χ2v) is 8.23. The zero-order chi connectivity index (χ0) is 24.2. The number of anilines is 1. The average Bonchev–Trinajstić information content (AvgIpc) is 2.74. The first-order valence-electron chi connectivity index (χ1n) is 10.1. The summed E-state index contributed by atoms with van der Waals surface area (Å²) in [5.74, 6) is -0.363. The first kappa shape index (κ1) is 25.2. The van der Waals surface area contributed by atoms with Crippen LogP contribution in [0.1, 0.15) is 29.9 Å². The van der Waals surface area contributed by atoms with Gasteiger partial charge in [0.2, 0.25) is 6.10 Å². The van der Waals surface area contributed by atoms with E-state index in [0.717, 1.165) is 12.1 Å². The average molecular weight is 495 g/mol. The van der Waals surface area contributed by atoms with Crippen LogP contribution in [-0.4, -0.2) is 42.9 Å². The van der Waals surface area contributed by atoms with Crippen molar-refractivity contribution in [1.82, 2.24) is 4.90 Å². The van der Waals surface area contributed by atoms with E-state index in [4.69, 9.17) is 11.6 Å². The molecule has 33 heavy (non-hydrogen) atoms. The number of amides is 1. The van der Waals surface area contributed by atoms with E-state index in [1.807, 2.05) is 0 Å². The van der Waals surface area contributed by atoms with Crippen LogP contribution >= 0.6 is 11.6 Å². The summed E-state index contributed by atoms with van der Waals surface area (Å²) >= 11 is 5.73. The van der Waals surface area contributed by atoms with E-state index in [1.165, 1.54) is 35.2 Å². The Morgan fingerprint density at radius 2 is 1.82 bits per heavy atom. The van der Waals surface area contributed by atoms with Gasteiger partial charge in [-0.3, -0.25) is 10.2 Å². The lowest BCUT2D eigenvalue weighted by Gasteiger charge is -2.35. The first-order chi connectivity index (χ1) is 15.4. The minimum absolute atomic E-state index is 0.121. The highest BCUT2D eigenvalue weighted by atomic mass is 35.5. The largest absolute Gasteiger partial charge is 0.435 e. The van der Waals surface area contributed by atoms with Gasteiger partial charge in [0.15, 0.2) is 0 Å². The van der Waals surface area contributed by atoms with Gasteiger partial charge in [0, 0.05) is 23.8 Å². The number of carbonyl (C=O) groups is 1. The van der Waals surface area contributed by atoms with Gasteiger partial charge in [-0.25, -0.2) is 4.79 Å². The highest BCUT2D eigenvalue weighted by Gasteiger charge is 2.44. The lowest BCUT2D eigenvalue weighted by Crippen LogP contribution is -2.47. The molecule has 0 aromatic heterocycles. The Kier molecular flexibility index (Phi) is 7.79. The number of likely N-dealkylation sites (tertiary alicyclic amines) is 1. The molecule has 3 rings (SSSR count). The fraction of sp³-hybridized carbons (Fsp3) is 0.409. The summed E-state index contributed by atoms with van der Waals surface area (Å²) < 4.78 is 84.4.